The maximum absolute atomic E-state index is 6.60. The maximum atomic E-state index is 6.60. The Morgan fingerprint density at radius 3 is 2.18 bits per heavy atom. The molecule has 160 valence electrons. The molecule has 28 heavy (non-hydrogen) atoms. The minimum Gasteiger partial charge on any atom is -0.375 e. The topological polar surface area (TPSA) is 34.2 Å². The van der Waals surface area contributed by atoms with Crippen LogP contribution in [0, 0.1) is 0 Å². The molecule has 5 rings (SSSR count). The van der Waals surface area contributed by atoms with Gasteiger partial charge in [-0.1, -0.05) is 6.42 Å². The van der Waals surface area contributed by atoms with Crippen LogP contribution in [-0.4, -0.2) is 103 Å². The zero-order valence-electron chi connectivity index (χ0n) is 17.8. The van der Waals surface area contributed by atoms with Gasteiger partial charge in [0.05, 0.1) is 6.10 Å². The summed E-state index contributed by atoms with van der Waals surface area (Å²) >= 11 is 0. The quantitative estimate of drug-likeness (QED) is 0.786. The lowest BCUT2D eigenvalue weighted by atomic mass is 9.81. The zero-order valence-corrected chi connectivity index (χ0v) is 17.8. The maximum Gasteiger partial charge on any atom is 0.129 e. The second-order valence-electron chi connectivity index (χ2n) is 9.56. The van der Waals surface area contributed by atoms with E-state index in [1.807, 2.05) is 0 Å². The molecular weight excluding hydrogens is 350 g/mol. The van der Waals surface area contributed by atoms with Crippen LogP contribution in [0.3, 0.4) is 0 Å². The minimum absolute atomic E-state index is 0.0402. The lowest BCUT2D eigenvalue weighted by molar-refractivity contribution is -0.267. The highest BCUT2D eigenvalue weighted by atomic mass is 16.5. The first-order valence-electron chi connectivity index (χ1n) is 12.2. The normalized spacial score (nSPS) is 40.3. The molecule has 5 aliphatic heterocycles. The molecule has 0 bridgehead atoms. The fraction of sp³-hybridized carbons (Fsp3) is 1.00. The molecule has 3 atom stereocenters. The van der Waals surface area contributed by atoms with Gasteiger partial charge in [0.15, 0.2) is 0 Å². The molecule has 6 heteroatoms. The summed E-state index contributed by atoms with van der Waals surface area (Å²) < 4.78 is 6.60. The molecule has 5 fully saturated rings. The van der Waals surface area contributed by atoms with E-state index >= 15 is 0 Å². The Morgan fingerprint density at radius 1 is 0.714 bits per heavy atom. The van der Waals surface area contributed by atoms with E-state index in [0.29, 0.717) is 12.1 Å². The Balaban J connectivity index is 1.56. The molecule has 5 saturated heterocycles. The van der Waals surface area contributed by atoms with Crippen LogP contribution >= 0.6 is 0 Å². The largest absolute Gasteiger partial charge is 0.375 e. The fourth-order valence-corrected chi connectivity index (χ4v) is 6.88. The molecule has 0 aromatic carbocycles. The Kier molecular flexibility index (Phi) is 6.24. The summed E-state index contributed by atoms with van der Waals surface area (Å²) in [6.45, 7) is 11.8. The summed E-state index contributed by atoms with van der Waals surface area (Å²) in [5.74, 6) is 0. The van der Waals surface area contributed by atoms with E-state index < -0.39 is 0 Å². The number of hydrogen-bond acceptors (Lipinski definition) is 6. The van der Waals surface area contributed by atoms with Gasteiger partial charge in [0.25, 0.3) is 0 Å². The number of ether oxygens (including phenoxy) is 1. The molecule has 3 unspecified atom stereocenters. The molecule has 6 nitrogen and oxygen atoms in total. The molecular formula is C22H41N5O. The third kappa shape index (κ3) is 3.44. The van der Waals surface area contributed by atoms with Crippen LogP contribution in [0.15, 0.2) is 0 Å². The average molecular weight is 392 g/mol. The monoisotopic (exact) mass is 391 g/mol. The van der Waals surface area contributed by atoms with Gasteiger partial charge in [0.1, 0.15) is 5.66 Å². The van der Waals surface area contributed by atoms with Crippen molar-refractivity contribution in [2.24, 2.45) is 0 Å². The summed E-state index contributed by atoms with van der Waals surface area (Å²) in [6, 6.07) is 0.617. The van der Waals surface area contributed by atoms with Gasteiger partial charge in [-0.2, -0.15) is 0 Å². The van der Waals surface area contributed by atoms with Crippen LogP contribution in [0.25, 0.3) is 0 Å². The van der Waals surface area contributed by atoms with Crippen LogP contribution < -0.4 is 5.32 Å². The van der Waals surface area contributed by atoms with Crippen molar-refractivity contribution in [3.05, 3.63) is 0 Å². The highest BCUT2D eigenvalue weighted by Gasteiger charge is 2.60. The molecule has 0 aliphatic carbocycles. The fourth-order valence-electron chi connectivity index (χ4n) is 6.88. The summed E-state index contributed by atoms with van der Waals surface area (Å²) in [5, 5.41) is 9.25. The van der Waals surface area contributed by atoms with Crippen molar-refractivity contribution in [3.8, 4) is 0 Å². The number of piperidine rings is 2. The number of rotatable bonds is 4. The molecule has 0 spiro atoms. The summed E-state index contributed by atoms with van der Waals surface area (Å²) in [7, 11) is 0. The van der Waals surface area contributed by atoms with Crippen molar-refractivity contribution in [3.63, 3.8) is 0 Å². The van der Waals surface area contributed by atoms with Crippen LogP contribution in [0.5, 0.6) is 0 Å². The van der Waals surface area contributed by atoms with Crippen LogP contribution in [0.4, 0.5) is 0 Å². The van der Waals surface area contributed by atoms with E-state index in [4.69, 9.17) is 4.74 Å². The molecule has 0 amide bonds. The van der Waals surface area contributed by atoms with Gasteiger partial charge < -0.3 is 10.1 Å². The SMILES string of the molecule is C1CCN(N2CCCC(N3CCCC3)C2(C2CCCO2)N2CCNCC2)CC1. The number of nitrogens with zero attached hydrogens (tertiary/aromatic N) is 4. The van der Waals surface area contributed by atoms with Gasteiger partial charge in [0, 0.05) is 58.5 Å². The molecule has 1 N–H and O–H groups in total. The van der Waals surface area contributed by atoms with Crippen molar-refractivity contribution in [2.75, 3.05) is 65.5 Å². The van der Waals surface area contributed by atoms with E-state index in [-0.39, 0.29) is 5.66 Å². The number of piperazine rings is 1. The first kappa shape index (κ1) is 19.7. The molecule has 0 aromatic heterocycles. The van der Waals surface area contributed by atoms with E-state index in [1.54, 1.807) is 0 Å². The predicted molar refractivity (Wildman–Crippen MR) is 112 cm³/mol. The lowest BCUT2D eigenvalue weighted by Gasteiger charge is -2.64. The van der Waals surface area contributed by atoms with E-state index in [1.165, 1.54) is 90.5 Å². The van der Waals surface area contributed by atoms with Crippen molar-refractivity contribution in [1.29, 1.82) is 0 Å². The third-order valence-corrected chi connectivity index (χ3v) is 8.03. The smallest absolute Gasteiger partial charge is 0.129 e. The number of nitrogens with one attached hydrogen (secondary N) is 1. The Morgan fingerprint density at radius 2 is 1.46 bits per heavy atom. The summed E-state index contributed by atoms with van der Waals surface area (Å²) in [6.07, 6.45) is 12.4. The molecule has 0 aromatic rings. The zero-order chi connectivity index (χ0) is 18.8. The standard InChI is InChI=1S/C22H41N5O/c1-2-14-26(15-3-1)27-16-6-8-20(24-12-4-5-13-24)22(27,21-9-7-19-28-21)25-17-10-23-11-18-25/h20-21,23H,1-19H2. The van der Waals surface area contributed by atoms with Crippen molar-refractivity contribution in [2.45, 2.75) is 75.6 Å². The first-order chi connectivity index (χ1) is 13.9. The van der Waals surface area contributed by atoms with E-state index in [0.717, 1.165) is 32.8 Å². The highest BCUT2D eigenvalue weighted by molar-refractivity contribution is 5.10. The number of likely N-dealkylation sites (tertiary alicyclic amines) is 1. The van der Waals surface area contributed by atoms with Gasteiger partial charge in [-0.3, -0.25) is 9.80 Å². The van der Waals surface area contributed by atoms with Gasteiger partial charge >= 0.3 is 0 Å². The molecule has 0 radical (unpaired) electrons. The van der Waals surface area contributed by atoms with Gasteiger partial charge in [-0.25, -0.2) is 10.0 Å². The second kappa shape index (κ2) is 8.86. The average Bonchev–Trinajstić information content (AvgIpc) is 3.49. The number of hydrogen-bond donors (Lipinski definition) is 1. The van der Waals surface area contributed by atoms with Gasteiger partial charge in [-0.15, -0.1) is 0 Å². The molecule has 0 saturated carbocycles. The summed E-state index contributed by atoms with van der Waals surface area (Å²) in [5.41, 5.74) is 0.0402. The van der Waals surface area contributed by atoms with Gasteiger partial charge in [0.2, 0.25) is 0 Å². The third-order valence-electron chi connectivity index (χ3n) is 8.03. The van der Waals surface area contributed by atoms with Crippen LogP contribution in [-0.2, 0) is 4.74 Å². The Labute approximate surface area is 171 Å². The second-order valence-corrected chi connectivity index (χ2v) is 9.56. The lowest BCUT2D eigenvalue weighted by Crippen LogP contribution is -2.81. The number of hydrazine groups is 1. The summed E-state index contributed by atoms with van der Waals surface area (Å²) in [4.78, 5) is 5.73. The van der Waals surface area contributed by atoms with Crippen LogP contribution in [0.2, 0.25) is 0 Å². The van der Waals surface area contributed by atoms with Crippen molar-refractivity contribution < 1.29 is 4.74 Å². The highest BCUT2D eigenvalue weighted by Crippen LogP contribution is 2.44. The first-order valence-corrected chi connectivity index (χ1v) is 12.2. The van der Waals surface area contributed by atoms with Crippen LogP contribution in [0.1, 0.15) is 57.8 Å². The molecule has 5 heterocycles. The predicted octanol–water partition coefficient (Wildman–Crippen LogP) is 1.73. The molecule has 5 aliphatic rings. The Hall–Kier alpha value is -0.240. The van der Waals surface area contributed by atoms with Crippen molar-refractivity contribution in [1.82, 2.24) is 25.1 Å². The van der Waals surface area contributed by atoms with E-state index in [2.05, 4.69) is 25.1 Å². The van der Waals surface area contributed by atoms with Crippen molar-refractivity contribution >= 4 is 0 Å². The van der Waals surface area contributed by atoms with E-state index in [9.17, 15) is 0 Å². The minimum atomic E-state index is 0.0402. The Bertz CT molecular complexity index is 495. The van der Waals surface area contributed by atoms with Gasteiger partial charge in [-0.05, 0) is 64.5 Å².